The molecule has 6 heteroatoms. The number of hydrogen-bond donors (Lipinski definition) is 1. The first-order chi connectivity index (χ1) is 9.69. The minimum atomic E-state index is 0.149. The highest BCUT2D eigenvalue weighted by Crippen LogP contribution is 2.16. The molecule has 2 heterocycles. The highest BCUT2D eigenvalue weighted by atomic mass is 79.9. The number of pyridine rings is 1. The normalized spacial score (nSPS) is 19.0. The van der Waals surface area contributed by atoms with Crippen molar-refractivity contribution < 1.29 is 4.74 Å². The van der Waals surface area contributed by atoms with Crippen LogP contribution in [0.4, 0.5) is 0 Å². The molecule has 0 aromatic carbocycles. The Balaban J connectivity index is 1.86. The topological polar surface area (TPSA) is 49.8 Å². The molecule has 1 aromatic heterocycles. The average molecular weight is 339 g/mol. The summed E-state index contributed by atoms with van der Waals surface area (Å²) in [6.45, 7) is 6.20. The molecule has 1 atom stereocenters. The van der Waals surface area contributed by atoms with Gasteiger partial charge in [0.05, 0.1) is 6.54 Å². The zero-order valence-corrected chi connectivity index (χ0v) is 13.1. The fourth-order valence-electron chi connectivity index (χ4n) is 2.11. The van der Waals surface area contributed by atoms with Gasteiger partial charge in [0.2, 0.25) is 5.88 Å². The van der Waals surface area contributed by atoms with Crippen molar-refractivity contribution >= 4 is 21.9 Å². The van der Waals surface area contributed by atoms with E-state index in [1.54, 1.807) is 13.2 Å². The smallest absolute Gasteiger partial charge is 0.213 e. The number of likely N-dealkylation sites (tertiary alicyclic amines) is 1. The summed E-state index contributed by atoms with van der Waals surface area (Å²) in [7, 11) is 1.78. The van der Waals surface area contributed by atoms with Crippen molar-refractivity contribution in [3.8, 4) is 5.88 Å². The lowest BCUT2D eigenvalue weighted by Gasteiger charge is -2.21. The van der Waals surface area contributed by atoms with E-state index in [-0.39, 0.29) is 6.10 Å². The summed E-state index contributed by atoms with van der Waals surface area (Å²) in [5.74, 6) is 1.55. The molecule has 1 N–H and O–H groups in total. The molecule has 0 saturated carbocycles. The molecule has 1 aliphatic heterocycles. The van der Waals surface area contributed by atoms with Gasteiger partial charge >= 0.3 is 0 Å². The number of aliphatic imine (C=N–C) groups is 1. The second kappa shape index (κ2) is 7.28. The van der Waals surface area contributed by atoms with Crippen molar-refractivity contribution in [1.29, 1.82) is 0 Å². The highest BCUT2D eigenvalue weighted by molar-refractivity contribution is 9.11. The Kier molecular flexibility index (Phi) is 5.40. The maximum absolute atomic E-state index is 5.86. The first-order valence-electron chi connectivity index (χ1n) is 6.55. The largest absolute Gasteiger partial charge is 0.472 e. The number of rotatable bonds is 4. The third kappa shape index (κ3) is 4.23. The molecule has 0 radical (unpaired) electrons. The van der Waals surface area contributed by atoms with Crippen LogP contribution in [0.5, 0.6) is 5.88 Å². The van der Waals surface area contributed by atoms with Crippen LogP contribution in [0.3, 0.4) is 0 Å². The van der Waals surface area contributed by atoms with Gasteiger partial charge in [0.25, 0.3) is 0 Å². The standard InChI is InChI=1S/C14H19BrN4O/c1-11(15)9-18-14(16-2)19-8-6-12(10-19)20-13-5-3-4-7-17-13/h3-5,7,12H,1,6,8-10H2,2H3,(H,16,18). The van der Waals surface area contributed by atoms with E-state index in [4.69, 9.17) is 4.74 Å². The zero-order valence-electron chi connectivity index (χ0n) is 11.6. The van der Waals surface area contributed by atoms with Crippen LogP contribution in [-0.2, 0) is 0 Å². The van der Waals surface area contributed by atoms with E-state index in [0.717, 1.165) is 30.0 Å². The number of nitrogens with one attached hydrogen (secondary N) is 1. The van der Waals surface area contributed by atoms with Gasteiger partial charge < -0.3 is 15.0 Å². The van der Waals surface area contributed by atoms with E-state index in [2.05, 4.69) is 42.7 Å². The Bertz CT molecular complexity index is 477. The molecule has 1 aliphatic rings. The summed E-state index contributed by atoms with van der Waals surface area (Å²) < 4.78 is 6.77. The number of nitrogens with zero attached hydrogens (tertiary/aromatic N) is 3. The van der Waals surface area contributed by atoms with Crippen LogP contribution < -0.4 is 10.1 Å². The Morgan fingerprint density at radius 1 is 1.65 bits per heavy atom. The van der Waals surface area contributed by atoms with Crippen molar-refractivity contribution in [2.24, 2.45) is 4.99 Å². The summed E-state index contributed by atoms with van der Waals surface area (Å²) in [6.07, 6.45) is 2.85. The number of hydrogen-bond acceptors (Lipinski definition) is 3. The van der Waals surface area contributed by atoms with Gasteiger partial charge in [-0.3, -0.25) is 4.99 Å². The quantitative estimate of drug-likeness (QED) is 0.674. The number of aromatic nitrogens is 1. The third-order valence-electron chi connectivity index (χ3n) is 3.02. The second-order valence-corrected chi connectivity index (χ2v) is 5.68. The summed E-state index contributed by atoms with van der Waals surface area (Å²) in [4.78, 5) is 10.7. The molecule has 0 spiro atoms. The Morgan fingerprint density at radius 3 is 3.15 bits per heavy atom. The molecule has 0 bridgehead atoms. The van der Waals surface area contributed by atoms with Gasteiger partial charge in [0.15, 0.2) is 5.96 Å². The van der Waals surface area contributed by atoms with Crippen LogP contribution in [0.2, 0.25) is 0 Å². The molecular formula is C14H19BrN4O. The highest BCUT2D eigenvalue weighted by Gasteiger charge is 2.26. The monoisotopic (exact) mass is 338 g/mol. The Labute approximate surface area is 127 Å². The molecule has 1 saturated heterocycles. The molecule has 1 aromatic rings. The molecule has 20 heavy (non-hydrogen) atoms. The second-order valence-electron chi connectivity index (χ2n) is 4.56. The minimum Gasteiger partial charge on any atom is -0.472 e. The van der Waals surface area contributed by atoms with Crippen molar-refractivity contribution in [2.75, 3.05) is 26.7 Å². The number of guanidine groups is 1. The van der Waals surface area contributed by atoms with Gasteiger partial charge in [-0.05, 0) is 6.07 Å². The lowest BCUT2D eigenvalue weighted by atomic mass is 10.3. The maximum atomic E-state index is 5.86. The summed E-state index contributed by atoms with van der Waals surface area (Å²) in [6, 6.07) is 5.69. The predicted octanol–water partition coefficient (Wildman–Crippen LogP) is 2.02. The minimum absolute atomic E-state index is 0.149. The molecule has 5 nitrogen and oxygen atoms in total. The van der Waals surface area contributed by atoms with Crippen LogP contribution >= 0.6 is 15.9 Å². The predicted molar refractivity (Wildman–Crippen MR) is 84.3 cm³/mol. The first-order valence-corrected chi connectivity index (χ1v) is 7.35. The van der Waals surface area contributed by atoms with Crippen LogP contribution in [0.1, 0.15) is 6.42 Å². The molecule has 2 rings (SSSR count). The molecule has 0 amide bonds. The summed E-state index contributed by atoms with van der Waals surface area (Å²) >= 11 is 3.33. The molecule has 108 valence electrons. The van der Waals surface area contributed by atoms with E-state index in [0.29, 0.717) is 12.4 Å². The lowest BCUT2D eigenvalue weighted by Crippen LogP contribution is -2.41. The van der Waals surface area contributed by atoms with Crippen LogP contribution in [0.25, 0.3) is 0 Å². The number of ether oxygens (including phenoxy) is 1. The summed E-state index contributed by atoms with van der Waals surface area (Å²) in [5, 5.41) is 3.25. The van der Waals surface area contributed by atoms with Gasteiger partial charge in [-0.1, -0.05) is 28.6 Å². The fourth-order valence-corrected chi connectivity index (χ4v) is 2.25. The van der Waals surface area contributed by atoms with E-state index < -0.39 is 0 Å². The molecular weight excluding hydrogens is 320 g/mol. The first kappa shape index (κ1) is 14.8. The van der Waals surface area contributed by atoms with Crippen LogP contribution in [-0.4, -0.2) is 48.6 Å². The van der Waals surface area contributed by atoms with Gasteiger partial charge in [-0.25, -0.2) is 4.98 Å². The SMILES string of the molecule is C=C(Br)CNC(=NC)N1CCC(Oc2ccccn2)C1. The third-order valence-corrected chi connectivity index (χ3v) is 3.30. The number of halogens is 1. The molecule has 1 unspecified atom stereocenters. The van der Waals surface area contributed by atoms with Gasteiger partial charge in [-0.15, -0.1) is 0 Å². The molecule has 0 aliphatic carbocycles. The van der Waals surface area contributed by atoms with E-state index in [1.807, 2.05) is 18.2 Å². The maximum Gasteiger partial charge on any atom is 0.213 e. The lowest BCUT2D eigenvalue weighted by molar-refractivity contribution is 0.205. The Morgan fingerprint density at radius 2 is 2.50 bits per heavy atom. The van der Waals surface area contributed by atoms with Crippen LogP contribution in [0, 0.1) is 0 Å². The van der Waals surface area contributed by atoms with Crippen molar-refractivity contribution in [2.45, 2.75) is 12.5 Å². The van der Waals surface area contributed by atoms with E-state index in [9.17, 15) is 0 Å². The van der Waals surface area contributed by atoms with E-state index in [1.165, 1.54) is 0 Å². The van der Waals surface area contributed by atoms with Gasteiger partial charge in [-0.2, -0.15) is 0 Å². The van der Waals surface area contributed by atoms with Gasteiger partial charge in [0.1, 0.15) is 6.10 Å². The van der Waals surface area contributed by atoms with Crippen molar-refractivity contribution in [3.63, 3.8) is 0 Å². The Hall–Kier alpha value is -1.56. The van der Waals surface area contributed by atoms with Crippen LogP contribution in [0.15, 0.2) is 40.4 Å². The zero-order chi connectivity index (χ0) is 14.4. The average Bonchev–Trinajstić information content (AvgIpc) is 2.89. The van der Waals surface area contributed by atoms with E-state index >= 15 is 0 Å². The molecule has 1 fully saturated rings. The van der Waals surface area contributed by atoms with Crippen molar-refractivity contribution in [1.82, 2.24) is 15.2 Å². The van der Waals surface area contributed by atoms with Gasteiger partial charge in [0, 0.05) is 43.3 Å². The summed E-state index contributed by atoms with van der Waals surface area (Å²) in [5.41, 5.74) is 0. The fraction of sp³-hybridized carbons (Fsp3) is 0.429. The van der Waals surface area contributed by atoms with Crippen molar-refractivity contribution in [3.05, 3.63) is 35.5 Å².